The van der Waals surface area contributed by atoms with Crippen molar-refractivity contribution in [1.29, 1.82) is 5.26 Å². The van der Waals surface area contributed by atoms with Crippen molar-refractivity contribution in [3.63, 3.8) is 0 Å². The Labute approximate surface area is 128 Å². The third-order valence-electron chi connectivity index (χ3n) is 3.32. The summed E-state index contributed by atoms with van der Waals surface area (Å²) in [5.41, 5.74) is -1.40. The molecule has 0 fully saturated rings. The first-order valence-corrected chi connectivity index (χ1v) is 6.36. The molecule has 1 aromatic carbocycles. The molecule has 8 heteroatoms. The molecule has 4 nitrogen and oxygen atoms in total. The van der Waals surface area contributed by atoms with Gasteiger partial charge in [0.1, 0.15) is 5.82 Å². The highest BCUT2D eigenvalue weighted by atomic mass is 19.4. The van der Waals surface area contributed by atoms with Crippen molar-refractivity contribution >= 4 is 5.97 Å². The lowest BCUT2D eigenvalue weighted by Gasteiger charge is -2.24. The normalized spacial score (nSPS) is 17.5. The number of esters is 1. The maximum Gasteiger partial charge on any atom is 0.416 e. The summed E-state index contributed by atoms with van der Waals surface area (Å²) in [6.07, 6.45) is -0.927. The Hall–Kier alpha value is -2.82. The molecule has 1 atom stereocenters. The third-order valence-corrected chi connectivity index (χ3v) is 3.32. The molecule has 0 aliphatic carbocycles. The van der Waals surface area contributed by atoms with Crippen LogP contribution in [0.15, 0.2) is 41.7 Å². The summed E-state index contributed by atoms with van der Waals surface area (Å²) in [4.78, 5) is 11.9. The van der Waals surface area contributed by atoms with Crippen molar-refractivity contribution in [1.82, 2.24) is 5.32 Å². The number of nitrogens with zero attached hydrogens (tertiary/aromatic N) is 1. The third kappa shape index (κ3) is 3.34. The minimum atomic E-state index is -4.80. The number of dihydropyridines is 1. The van der Waals surface area contributed by atoms with Gasteiger partial charge in [-0.05, 0) is 30.8 Å². The second kappa shape index (κ2) is 6.12. The molecule has 0 aromatic heterocycles. The van der Waals surface area contributed by atoms with Crippen LogP contribution in [-0.4, -0.2) is 5.97 Å². The van der Waals surface area contributed by atoms with Crippen LogP contribution in [0, 0.1) is 17.3 Å². The van der Waals surface area contributed by atoms with Crippen LogP contribution in [0.4, 0.5) is 17.6 Å². The Balaban J connectivity index is 2.60. The highest BCUT2D eigenvalue weighted by Crippen LogP contribution is 2.40. The van der Waals surface area contributed by atoms with Crippen molar-refractivity contribution < 1.29 is 27.1 Å². The van der Waals surface area contributed by atoms with Crippen LogP contribution in [-0.2, 0) is 15.7 Å². The molecule has 1 aliphatic heterocycles. The second-order valence-corrected chi connectivity index (χ2v) is 4.73. The van der Waals surface area contributed by atoms with Gasteiger partial charge in [0, 0.05) is 11.6 Å². The zero-order chi connectivity index (χ0) is 17.2. The molecule has 1 unspecified atom stereocenters. The number of carbonyl (C=O) groups is 1. The molecule has 23 heavy (non-hydrogen) atoms. The highest BCUT2D eigenvalue weighted by molar-refractivity contribution is 5.92. The van der Waals surface area contributed by atoms with Gasteiger partial charge in [-0.25, -0.2) is 9.18 Å². The number of benzene rings is 1. The summed E-state index contributed by atoms with van der Waals surface area (Å²) < 4.78 is 57.0. The van der Waals surface area contributed by atoms with Crippen LogP contribution in [0.3, 0.4) is 0 Å². The molecule has 120 valence electrons. The van der Waals surface area contributed by atoms with Crippen LogP contribution < -0.4 is 5.32 Å². The lowest BCUT2D eigenvalue weighted by molar-refractivity contribution is -0.139. The maximum atomic E-state index is 13.2. The lowest BCUT2D eigenvalue weighted by Crippen LogP contribution is -2.24. The second-order valence-electron chi connectivity index (χ2n) is 4.73. The van der Waals surface area contributed by atoms with Gasteiger partial charge in [0.05, 0.1) is 11.1 Å². The number of nitriles is 1. The Morgan fingerprint density at radius 2 is 2.09 bits per heavy atom. The Kier molecular flexibility index (Phi) is 4.40. The average Bonchev–Trinajstić information content (AvgIpc) is 2.46. The number of nitrogens with one attached hydrogen (secondary N) is 1. The van der Waals surface area contributed by atoms with Gasteiger partial charge in [0.15, 0.2) is 0 Å². The maximum absolute atomic E-state index is 13.2. The minimum absolute atomic E-state index is 0.147. The number of halogens is 4. The van der Waals surface area contributed by atoms with E-state index in [2.05, 4.69) is 10.1 Å². The molecule has 0 saturated heterocycles. The number of alkyl halides is 3. The van der Waals surface area contributed by atoms with E-state index in [1.54, 1.807) is 0 Å². The standard InChI is InChI=1S/C15H10F4N2O2/c1-8-13(14(22)23-7-20)11(4-5-21-8)10-3-2-9(16)6-12(10)15(17,18)19/h2-6,11,21H,1H3. The van der Waals surface area contributed by atoms with Crippen molar-refractivity contribution in [3.05, 3.63) is 58.7 Å². The summed E-state index contributed by atoms with van der Waals surface area (Å²) in [6.45, 7) is 1.46. The number of hydrogen-bond acceptors (Lipinski definition) is 4. The quantitative estimate of drug-likeness (QED) is 0.514. The first-order chi connectivity index (χ1) is 10.8. The van der Waals surface area contributed by atoms with Gasteiger partial charge in [0.25, 0.3) is 6.26 Å². The minimum Gasteiger partial charge on any atom is -0.365 e. The van der Waals surface area contributed by atoms with Crippen LogP contribution in [0.25, 0.3) is 0 Å². The lowest BCUT2D eigenvalue weighted by atomic mass is 9.85. The molecule has 0 bridgehead atoms. The Bertz CT molecular complexity index is 745. The summed E-state index contributed by atoms with van der Waals surface area (Å²) in [5.74, 6) is -3.22. The van der Waals surface area contributed by atoms with E-state index >= 15 is 0 Å². The molecule has 1 aromatic rings. The molecule has 0 radical (unpaired) electrons. The smallest absolute Gasteiger partial charge is 0.365 e. The predicted molar refractivity (Wildman–Crippen MR) is 70.8 cm³/mol. The van der Waals surface area contributed by atoms with Crippen molar-refractivity contribution in [3.8, 4) is 6.26 Å². The fourth-order valence-electron chi connectivity index (χ4n) is 2.36. The number of allylic oxidation sites excluding steroid dienone is 2. The first-order valence-electron chi connectivity index (χ1n) is 6.36. The average molecular weight is 326 g/mol. The molecule has 0 spiro atoms. The van der Waals surface area contributed by atoms with Crippen LogP contribution in [0.1, 0.15) is 24.0 Å². The molecule has 1 aliphatic rings. The van der Waals surface area contributed by atoms with Crippen molar-refractivity contribution in [2.24, 2.45) is 0 Å². The summed E-state index contributed by atoms with van der Waals surface area (Å²) in [7, 11) is 0. The fraction of sp³-hybridized carbons (Fsp3) is 0.200. The number of carbonyl (C=O) groups excluding carboxylic acids is 1. The molecule has 2 rings (SSSR count). The largest absolute Gasteiger partial charge is 0.416 e. The monoisotopic (exact) mass is 326 g/mol. The zero-order valence-electron chi connectivity index (χ0n) is 11.7. The molecular formula is C15H10F4N2O2. The van der Waals surface area contributed by atoms with Crippen molar-refractivity contribution in [2.75, 3.05) is 0 Å². The van der Waals surface area contributed by atoms with E-state index in [-0.39, 0.29) is 16.8 Å². The van der Waals surface area contributed by atoms with E-state index in [4.69, 9.17) is 5.26 Å². The Morgan fingerprint density at radius 3 is 2.70 bits per heavy atom. The van der Waals surface area contributed by atoms with E-state index in [0.29, 0.717) is 6.07 Å². The zero-order valence-corrected chi connectivity index (χ0v) is 11.7. The summed E-state index contributed by atoms with van der Waals surface area (Å²) in [5, 5.41) is 11.1. The highest BCUT2D eigenvalue weighted by Gasteiger charge is 2.38. The van der Waals surface area contributed by atoms with Gasteiger partial charge in [-0.15, -0.1) is 5.26 Å². The number of rotatable bonds is 2. The van der Waals surface area contributed by atoms with Crippen LogP contribution in [0.5, 0.6) is 0 Å². The SMILES string of the molecule is CC1=C(C(=O)OC#N)C(c2ccc(F)cc2C(F)(F)F)C=CN1. The van der Waals surface area contributed by atoms with Gasteiger partial charge in [0.2, 0.25) is 0 Å². The molecular weight excluding hydrogens is 316 g/mol. The van der Waals surface area contributed by atoms with Gasteiger partial charge in [-0.3, -0.25) is 0 Å². The van der Waals surface area contributed by atoms with Gasteiger partial charge < -0.3 is 10.1 Å². The summed E-state index contributed by atoms with van der Waals surface area (Å²) in [6, 6.07) is 2.21. The van der Waals surface area contributed by atoms with E-state index < -0.39 is 29.4 Å². The van der Waals surface area contributed by atoms with Gasteiger partial charge >= 0.3 is 12.1 Å². The van der Waals surface area contributed by atoms with Gasteiger partial charge in [-0.1, -0.05) is 12.1 Å². The topological polar surface area (TPSA) is 62.1 Å². The summed E-state index contributed by atoms with van der Waals surface area (Å²) >= 11 is 0. The Morgan fingerprint density at radius 1 is 1.39 bits per heavy atom. The van der Waals surface area contributed by atoms with Crippen LogP contribution in [0.2, 0.25) is 0 Å². The predicted octanol–water partition coefficient (Wildman–Crippen LogP) is 3.34. The number of ether oxygens (including phenoxy) is 1. The number of hydrogen-bond donors (Lipinski definition) is 1. The molecule has 1 N–H and O–H groups in total. The molecule has 1 heterocycles. The first kappa shape index (κ1) is 16.5. The van der Waals surface area contributed by atoms with E-state index in [1.165, 1.54) is 25.5 Å². The van der Waals surface area contributed by atoms with Gasteiger partial charge in [-0.2, -0.15) is 13.2 Å². The van der Waals surface area contributed by atoms with E-state index in [9.17, 15) is 22.4 Å². The van der Waals surface area contributed by atoms with E-state index in [1.807, 2.05) is 0 Å². The molecule has 0 amide bonds. The van der Waals surface area contributed by atoms with E-state index in [0.717, 1.165) is 12.1 Å². The fourth-order valence-corrected chi connectivity index (χ4v) is 2.36. The van der Waals surface area contributed by atoms with Crippen LogP contribution >= 0.6 is 0 Å². The molecule has 0 saturated carbocycles. The van der Waals surface area contributed by atoms with Crippen molar-refractivity contribution in [2.45, 2.75) is 19.0 Å².